The summed E-state index contributed by atoms with van der Waals surface area (Å²) in [5.74, 6) is -2.01. The third kappa shape index (κ3) is 3.51. The monoisotopic (exact) mass is 452 g/mol. The van der Waals surface area contributed by atoms with Crippen molar-refractivity contribution in [3.8, 4) is 0 Å². The smallest absolute Gasteiger partial charge is 0.300 e. The SMILES string of the molecule is CC(=O)Nc1ccc(N2C(=O)C(=O)/C(=C(\O)c3c[nH]c4ccccc34)C2c2ccncc2)cc1. The van der Waals surface area contributed by atoms with Crippen LogP contribution in [0.3, 0.4) is 0 Å². The molecule has 34 heavy (non-hydrogen) atoms. The largest absolute Gasteiger partial charge is 0.507 e. The molecule has 8 nitrogen and oxygen atoms in total. The number of carbonyl (C=O) groups is 3. The number of hydrogen-bond acceptors (Lipinski definition) is 5. The fraction of sp³-hybridized carbons (Fsp3) is 0.0769. The van der Waals surface area contributed by atoms with Gasteiger partial charge in [-0.2, -0.15) is 0 Å². The number of aliphatic hydroxyl groups is 1. The molecule has 1 aliphatic heterocycles. The second kappa shape index (κ2) is 8.32. The average Bonchev–Trinajstić information content (AvgIpc) is 3.39. The van der Waals surface area contributed by atoms with Crippen molar-refractivity contribution in [2.45, 2.75) is 13.0 Å². The van der Waals surface area contributed by atoms with Gasteiger partial charge >= 0.3 is 0 Å². The second-order valence-electron chi connectivity index (χ2n) is 7.93. The van der Waals surface area contributed by atoms with Crippen molar-refractivity contribution < 1.29 is 19.5 Å². The van der Waals surface area contributed by atoms with Crippen LogP contribution in [0.2, 0.25) is 0 Å². The maximum atomic E-state index is 13.3. The molecular formula is C26H20N4O4. The van der Waals surface area contributed by atoms with Gasteiger partial charge in [0.15, 0.2) is 0 Å². The van der Waals surface area contributed by atoms with E-state index in [2.05, 4.69) is 15.3 Å². The number of para-hydroxylation sites is 1. The highest BCUT2D eigenvalue weighted by atomic mass is 16.3. The first-order valence-corrected chi connectivity index (χ1v) is 10.6. The van der Waals surface area contributed by atoms with Crippen LogP contribution in [0, 0.1) is 0 Å². The van der Waals surface area contributed by atoms with Crippen LogP contribution < -0.4 is 10.2 Å². The zero-order valence-electron chi connectivity index (χ0n) is 18.1. The van der Waals surface area contributed by atoms with Gasteiger partial charge < -0.3 is 15.4 Å². The summed E-state index contributed by atoms with van der Waals surface area (Å²) in [5.41, 5.74) is 2.87. The number of aromatic amines is 1. The molecule has 8 heteroatoms. The van der Waals surface area contributed by atoms with Gasteiger partial charge in [0.1, 0.15) is 5.76 Å². The first-order valence-electron chi connectivity index (χ1n) is 10.6. The van der Waals surface area contributed by atoms with Gasteiger partial charge in [0.2, 0.25) is 5.91 Å². The van der Waals surface area contributed by atoms with Crippen molar-refractivity contribution in [3.63, 3.8) is 0 Å². The number of anilines is 2. The summed E-state index contributed by atoms with van der Waals surface area (Å²) >= 11 is 0. The molecule has 2 aromatic heterocycles. The molecule has 0 saturated carbocycles. The third-order valence-corrected chi connectivity index (χ3v) is 5.78. The maximum Gasteiger partial charge on any atom is 0.300 e. The third-order valence-electron chi connectivity index (χ3n) is 5.78. The standard InChI is InChI=1S/C26H20N4O4/c1-15(31)29-17-6-8-18(9-7-17)30-23(16-10-12-27-13-11-16)22(25(33)26(30)34)24(32)20-14-28-21-5-3-2-4-19(20)21/h2-14,23,28,32H,1H3,(H,29,31)/b24-22-. The summed E-state index contributed by atoms with van der Waals surface area (Å²) < 4.78 is 0. The molecule has 1 atom stereocenters. The molecule has 2 amide bonds. The van der Waals surface area contributed by atoms with E-state index in [1.54, 1.807) is 55.0 Å². The minimum atomic E-state index is -0.858. The fourth-order valence-corrected chi connectivity index (χ4v) is 4.28. The van der Waals surface area contributed by atoms with Crippen molar-refractivity contribution in [1.29, 1.82) is 0 Å². The van der Waals surface area contributed by atoms with Crippen LogP contribution in [0.1, 0.15) is 24.1 Å². The molecule has 3 heterocycles. The molecule has 4 aromatic rings. The van der Waals surface area contributed by atoms with Crippen molar-refractivity contribution >= 4 is 45.6 Å². The van der Waals surface area contributed by atoms with Gasteiger partial charge in [-0.25, -0.2) is 0 Å². The Morgan fingerprint density at radius 3 is 2.44 bits per heavy atom. The lowest BCUT2D eigenvalue weighted by Crippen LogP contribution is -2.29. The van der Waals surface area contributed by atoms with Gasteiger partial charge in [-0.15, -0.1) is 0 Å². The van der Waals surface area contributed by atoms with Gasteiger partial charge in [0.05, 0.1) is 11.6 Å². The van der Waals surface area contributed by atoms with E-state index in [1.165, 1.54) is 11.8 Å². The minimum Gasteiger partial charge on any atom is -0.507 e. The summed E-state index contributed by atoms with van der Waals surface area (Å²) in [5, 5.41) is 14.7. The summed E-state index contributed by atoms with van der Waals surface area (Å²) in [4.78, 5) is 46.3. The highest BCUT2D eigenvalue weighted by Gasteiger charge is 2.47. The average molecular weight is 452 g/mol. The number of benzene rings is 2. The topological polar surface area (TPSA) is 115 Å². The van der Waals surface area contributed by atoms with Crippen LogP contribution >= 0.6 is 0 Å². The van der Waals surface area contributed by atoms with E-state index in [9.17, 15) is 19.5 Å². The molecule has 1 fully saturated rings. The zero-order chi connectivity index (χ0) is 23.8. The molecule has 3 N–H and O–H groups in total. The predicted octanol–water partition coefficient (Wildman–Crippen LogP) is 4.15. The summed E-state index contributed by atoms with van der Waals surface area (Å²) in [7, 11) is 0. The predicted molar refractivity (Wildman–Crippen MR) is 128 cm³/mol. The van der Waals surface area contributed by atoms with Gasteiger partial charge in [-0.1, -0.05) is 18.2 Å². The number of aliphatic hydroxyl groups excluding tert-OH is 1. The lowest BCUT2D eigenvalue weighted by Gasteiger charge is -2.25. The number of H-pyrrole nitrogens is 1. The van der Waals surface area contributed by atoms with E-state index in [4.69, 9.17) is 0 Å². The Balaban J connectivity index is 1.68. The molecule has 0 aliphatic carbocycles. The van der Waals surface area contributed by atoms with Crippen LogP contribution in [0.15, 0.2) is 84.8 Å². The first-order chi connectivity index (χ1) is 16.5. The van der Waals surface area contributed by atoms with Crippen molar-refractivity contribution in [2.75, 3.05) is 10.2 Å². The molecule has 5 rings (SSSR count). The van der Waals surface area contributed by atoms with Crippen LogP contribution in [-0.2, 0) is 14.4 Å². The number of rotatable bonds is 4. The molecule has 0 spiro atoms. The molecule has 0 radical (unpaired) electrons. The quantitative estimate of drug-likeness (QED) is 0.244. The number of amides is 2. The lowest BCUT2D eigenvalue weighted by atomic mass is 9.95. The van der Waals surface area contributed by atoms with Crippen molar-refractivity contribution in [2.24, 2.45) is 0 Å². The molecule has 1 unspecified atom stereocenters. The Bertz CT molecular complexity index is 1460. The molecule has 1 aliphatic rings. The number of pyridine rings is 1. The molecule has 0 bridgehead atoms. The number of nitrogens with zero attached hydrogens (tertiary/aromatic N) is 2. The van der Waals surface area contributed by atoms with E-state index in [0.29, 0.717) is 22.5 Å². The first kappa shape index (κ1) is 21.1. The van der Waals surface area contributed by atoms with Crippen LogP contribution in [0.4, 0.5) is 11.4 Å². The van der Waals surface area contributed by atoms with Crippen LogP contribution in [0.5, 0.6) is 0 Å². The van der Waals surface area contributed by atoms with Crippen LogP contribution in [-0.4, -0.2) is 32.7 Å². The summed E-state index contributed by atoms with van der Waals surface area (Å²) in [6, 6.07) is 16.6. The number of Topliss-reactive ketones (excluding diaryl/α,β-unsaturated/α-hetero) is 1. The van der Waals surface area contributed by atoms with Gasteiger partial charge in [-0.05, 0) is 48.0 Å². The lowest BCUT2D eigenvalue weighted by molar-refractivity contribution is -0.132. The van der Waals surface area contributed by atoms with E-state index in [0.717, 1.165) is 10.9 Å². The Hall–Kier alpha value is -4.72. The van der Waals surface area contributed by atoms with E-state index in [-0.39, 0.29) is 17.2 Å². The minimum absolute atomic E-state index is 0.00751. The Kier molecular flexibility index (Phi) is 5.18. The number of ketones is 1. The second-order valence-corrected chi connectivity index (χ2v) is 7.93. The van der Waals surface area contributed by atoms with E-state index >= 15 is 0 Å². The highest BCUT2D eigenvalue weighted by Crippen LogP contribution is 2.43. The zero-order valence-corrected chi connectivity index (χ0v) is 18.1. The van der Waals surface area contributed by atoms with Gasteiger partial charge in [-0.3, -0.25) is 24.3 Å². The summed E-state index contributed by atoms with van der Waals surface area (Å²) in [6.45, 7) is 1.40. The normalized spacial score (nSPS) is 17.3. The fourth-order valence-electron chi connectivity index (χ4n) is 4.28. The number of fused-ring (bicyclic) bond motifs is 1. The number of hydrogen-bond donors (Lipinski definition) is 3. The van der Waals surface area contributed by atoms with Gasteiger partial charge in [0, 0.05) is 53.4 Å². The maximum absolute atomic E-state index is 13.3. The molecule has 168 valence electrons. The van der Waals surface area contributed by atoms with E-state index < -0.39 is 17.7 Å². The van der Waals surface area contributed by atoms with Gasteiger partial charge in [0.25, 0.3) is 11.7 Å². The number of nitrogens with one attached hydrogen (secondary N) is 2. The Morgan fingerprint density at radius 2 is 1.74 bits per heavy atom. The number of carbonyl (C=O) groups excluding carboxylic acids is 3. The molecule has 1 saturated heterocycles. The number of aromatic nitrogens is 2. The van der Waals surface area contributed by atoms with Crippen molar-refractivity contribution in [3.05, 3.63) is 96.0 Å². The summed E-state index contributed by atoms with van der Waals surface area (Å²) in [6.07, 6.45) is 4.77. The highest BCUT2D eigenvalue weighted by molar-refractivity contribution is 6.51. The Morgan fingerprint density at radius 1 is 1.03 bits per heavy atom. The molecule has 2 aromatic carbocycles. The van der Waals surface area contributed by atoms with Crippen LogP contribution in [0.25, 0.3) is 16.7 Å². The molecular weight excluding hydrogens is 432 g/mol. The van der Waals surface area contributed by atoms with Crippen molar-refractivity contribution in [1.82, 2.24) is 9.97 Å². The van der Waals surface area contributed by atoms with E-state index in [1.807, 2.05) is 24.3 Å². The Labute approximate surface area is 194 Å².